The van der Waals surface area contributed by atoms with Crippen LogP contribution in [-0.4, -0.2) is 138 Å². The lowest BCUT2D eigenvalue weighted by atomic mass is 9.88. The van der Waals surface area contributed by atoms with Gasteiger partial charge in [-0.1, -0.05) is 17.2 Å². The van der Waals surface area contributed by atoms with Crippen LogP contribution in [0, 0.1) is 13.8 Å². The number of thiophene rings is 1. The highest BCUT2D eigenvalue weighted by Crippen LogP contribution is 2.44. The van der Waals surface area contributed by atoms with Gasteiger partial charge in [0.05, 0.1) is 17.2 Å². The second-order valence-electron chi connectivity index (χ2n) is 15.7. The highest BCUT2D eigenvalue weighted by Gasteiger charge is 2.47. The van der Waals surface area contributed by atoms with Crippen molar-refractivity contribution in [3.05, 3.63) is 45.8 Å². The smallest absolute Gasteiger partial charge is 0.233 e. The minimum atomic E-state index is -0.529. The van der Waals surface area contributed by atoms with E-state index in [4.69, 9.17) is 0 Å². The number of benzene rings is 1. The zero-order valence-corrected chi connectivity index (χ0v) is 30.2. The number of hydrogen-bond donors (Lipinski definition) is 2. The van der Waals surface area contributed by atoms with Crippen molar-refractivity contribution >= 4 is 27.5 Å². The number of aromatic nitrogens is 1. The highest BCUT2D eigenvalue weighted by atomic mass is 32.1. The molecule has 7 rings (SSSR count). The molecule has 1 unspecified atom stereocenters. The second kappa shape index (κ2) is 13.6. The first-order chi connectivity index (χ1) is 22.5. The standard InChI is InChI=1S/C38H56N6O2S/c1-26-20-27(2)22-28(21-26)35-32(10-11-41-16-18-43(19-17-41)25-31(45)24-42-14-12-40(5)13-15-42)33-23-34(47-36(33)39-35)38(3,4)37(46)44-29-6-7-30(44)9-8-29/h20-23,29-31,39,45H,6-19,24-25H2,1-5H3. The van der Waals surface area contributed by atoms with E-state index < -0.39 is 5.41 Å². The Labute approximate surface area is 285 Å². The summed E-state index contributed by atoms with van der Waals surface area (Å²) < 4.78 is 0. The van der Waals surface area contributed by atoms with Crippen molar-refractivity contribution in [2.75, 3.05) is 79.0 Å². The van der Waals surface area contributed by atoms with Gasteiger partial charge in [-0.2, -0.15) is 0 Å². The van der Waals surface area contributed by atoms with Crippen LogP contribution in [-0.2, 0) is 16.6 Å². The molecule has 4 aliphatic rings. The molecule has 0 saturated carbocycles. The summed E-state index contributed by atoms with van der Waals surface area (Å²) >= 11 is 1.78. The molecular weight excluding hydrogens is 605 g/mol. The lowest BCUT2D eigenvalue weighted by Gasteiger charge is -2.37. The van der Waals surface area contributed by atoms with Gasteiger partial charge in [0.1, 0.15) is 4.83 Å². The van der Waals surface area contributed by atoms with E-state index in [0.717, 1.165) is 78.4 Å². The molecule has 6 heterocycles. The maximum atomic E-state index is 14.0. The van der Waals surface area contributed by atoms with E-state index in [1.54, 1.807) is 11.3 Å². The summed E-state index contributed by atoms with van der Waals surface area (Å²) in [5.41, 5.74) is 5.90. The maximum absolute atomic E-state index is 14.0. The lowest BCUT2D eigenvalue weighted by molar-refractivity contribution is -0.137. The van der Waals surface area contributed by atoms with Gasteiger partial charge in [-0.3, -0.25) is 14.6 Å². The number of carbonyl (C=O) groups excluding carboxylic acids is 1. The summed E-state index contributed by atoms with van der Waals surface area (Å²) in [4.78, 5) is 32.3. The Hall–Kier alpha value is -2.27. The van der Waals surface area contributed by atoms with E-state index in [0.29, 0.717) is 18.0 Å². The number of fused-ring (bicyclic) bond motifs is 3. The van der Waals surface area contributed by atoms with Crippen LogP contribution in [0.25, 0.3) is 21.5 Å². The highest BCUT2D eigenvalue weighted by molar-refractivity contribution is 7.19. The molecule has 4 saturated heterocycles. The number of amides is 1. The molecule has 1 amide bonds. The molecule has 3 aromatic rings. The summed E-state index contributed by atoms with van der Waals surface area (Å²) in [6.07, 6.45) is 5.37. The number of likely N-dealkylation sites (N-methyl/N-ethyl adjacent to an activating group) is 1. The van der Waals surface area contributed by atoms with Crippen molar-refractivity contribution in [1.82, 2.24) is 29.5 Å². The number of aliphatic hydroxyl groups is 1. The molecule has 2 N–H and O–H groups in total. The molecule has 47 heavy (non-hydrogen) atoms. The summed E-state index contributed by atoms with van der Waals surface area (Å²) in [5, 5.41) is 12.1. The van der Waals surface area contributed by atoms with E-state index in [-0.39, 0.29) is 6.10 Å². The van der Waals surface area contributed by atoms with Gasteiger partial charge >= 0.3 is 0 Å². The van der Waals surface area contributed by atoms with Gasteiger partial charge in [-0.15, -0.1) is 11.3 Å². The number of rotatable bonds is 10. The van der Waals surface area contributed by atoms with Crippen molar-refractivity contribution in [2.45, 2.75) is 83.4 Å². The topological polar surface area (TPSA) is 69.3 Å². The third-order valence-corrected chi connectivity index (χ3v) is 13.0. The van der Waals surface area contributed by atoms with Crippen LogP contribution < -0.4 is 0 Å². The summed E-state index contributed by atoms with van der Waals surface area (Å²) in [7, 11) is 2.18. The quantitative estimate of drug-likeness (QED) is 0.329. The fourth-order valence-electron chi connectivity index (χ4n) is 8.79. The van der Waals surface area contributed by atoms with Crippen LogP contribution in [0.15, 0.2) is 24.3 Å². The van der Waals surface area contributed by atoms with E-state index in [2.05, 4.69) is 88.5 Å². The summed E-state index contributed by atoms with van der Waals surface area (Å²) in [6.45, 7) is 19.6. The number of piperazine rings is 2. The number of aromatic amines is 1. The molecule has 0 aliphatic carbocycles. The van der Waals surface area contributed by atoms with E-state index in [9.17, 15) is 9.90 Å². The third kappa shape index (κ3) is 6.94. The molecule has 0 radical (unpaired) electrons. The maximum Gasteiger partial charge on any atom is 0.233 e. The number of H-pyrrole nitrogens is 1. The molecule has 2 bridgehead atoms. The number of β-amino-alcohol motifs (C(OH)–C–C–N with tert-alkyl or cyclic N) is 1. The summed E-state index contributed by atoms with van der Waals surface area (Å²) in [5.74, 6) is 0.314. The first-order valence-corrected chi connectivity index (χ1v) is 19.0. The van der Waals surface area contributed by atoms with E-state index in [1.165, 1.54) is 68.7 Å². The number of nitrogens with one attached hydrogen (secondary N) is 1. The van der Waals surface area contributed by atoms with Gasteiger partial charge in [-0.05, 0) is 96.2 Å². The third-order valence-electron chi connectivity index (χ3n) is 11.6. The van der Waals surface area contributed by atoms with Crippen molar-refractivity contribution in [2.24, 2.45) is 0 Å². The fourth-order valence-corrected chi connectivity index (χ4v) is 9.97. The molecule has 1 atom stereocenters. The molecular formula is C38H56N6O2S. The zero-order valence-electron chi connectivity index (χ0n) is 29.4. The number of carbonyl (C=O) groups is 1. The Morgan fingerprint density at radius 3 is 2.02 bits per heavy atom. The SMILES string of the molecule is Cc1cc(C)cc(-c2[nH]c3sc(C(C)(C)C(=O)N4C5CCC4CC5)cc3c2CCN2CCN(CC(O)CN3CCN(C)CC3)CC2)c1. The Balaban J connectivity index is 1.04. The number of aliphatic hydroxyl groups excluding tert-OH is 1. The van der Waals surface area contributed by atoms with E-state index >= 15 is 0 Å². The number of hydrogen-bond acceptors (Lipinski definition) is 7. The van der Waals surface area contributed by atoms with Crippen LogP contribution in [0.5, 0.6) is 0 Å². The number of aryl methyl sites for hydroxylation is 2. The molecule has 0 spiro atoms. The van der Waals surface area contributed by atoms with Gasteiger partial charge < -0.3 is 24.8 Å². The molecule has 9 heteroatoms. The first-order valence-electron chi connectivity index (χ1n) is 18.1. The monoisotopic (exact) mass is 660 g/mol. The van der Waals surface area contributed by atoms with Gasteiger partial charge in [0.2, 0.25) is 5.91 Å². The molecule has 256 valence electrons. The molecule has 8 nitrogen and oxygen atoms in total. The van der Waals surface area contributed by atoms with Crippen LogP contribution in [0.3, 0.4) is 0 Å². The molecule has 1 aromatic carbocycles. The van der Waals surface area contributed by atoms with Gasteiger partial charge in [-0.25, -0.2) is 0 Å². The van der Waals surface area contributed by atoms with Crippen LogP contribution in [0.4, 0.5) is 0 Å². The molecule has 4 fully saturated rings. The lowest BCUT2D eigenvalue weighted by Crippen LogP contribution is -2.52. The van der Waals surface area contributed by atoms with Gasteiger partial charge in [0, 0.05) is 94.3 Å². The summed E-state index contributed by atoms with van der Waals surface area (Å²) in [6, 6.07) is 10.1. The Morgan fingerprint density at radius 1 is 0.872 bits per heavy atom. The van der Waals surface area contributed by atoms with Crippen LogP contribution in [0.1, 0.15) is 61.1 Å². The molecule has 4 aliphatic heterocycles. The average Bonchev–Trinajstić information content (AvgIpc) is 3.82. The minimum Gasteiger partial charge on any atom is -0.390 e. The van der Waals surface area contributed by atoms with Gasteiger partial charge in [0.15, 0.2) is 0 Å². The number of nitrogens with zero attached hydrogens (tertiary/aromatic N) is 5. The van der Waals surface area contributed by atoms with Crippen LogP contribution in [0.2, 0.25) is 0 Å². The fraction of sp³-hybridized carbons (Fsp3) is 0.658. The first kappa shape index (κ1) is 33.2. The Morgan fingerprint density at radius 2 is 1.43 bits per heavy atom. The van der Waals surface area contributed by atoms with E-state index in [1.807, 2.05) is 0 Å². The molecule has 2 aromatic heterocycles. The van der Waals surface area contributed by atoms with Crippen molar-refractivity contribution in [3.63, 3.8) is 0 Å². The second-order valence-corrected chi connectivity index (χ2v) is 16.7. The largest absolute Gasteiger partial charge is 0.390 e. The van der Waals surface area contributed by atoms with Crippen molar-refractivity contribution in [1.29, 1.82) is 0 Å². The van der Waals surface area contributed by atoms with Crippen molar-refractivity contribution in [3.8, 4) is 11.3 Å². The zero-order chi connectivity index (χ0) is 32.9. The minimum absolute atomic E-state index is 0.289. The average molecular weight is 661 g/mol. The normalized spacial score (nSPS) is 24.2. The Bertz CT molecular complexity index is 1520. The van der Waals surface area contributed by atoms with Crippen molar-refractivity contribution < 1.29 is 9.90 Å². The predicted molar refractivity (Wildman–Crippen MR) is 194 cm³/mol. The predicted octanol–water partition coefficient (Wildman–Crippen LogP) is 4.71. The van der Waals surface area contributed by atoms with Gasteiger partial charge in [0.25, 0.3) is 0 Å². The Kier molecular flexibility index (Phi) is 9.59. The van der Waals surface area contributed by atoms with Crippen LogP contribution >= 0.6 is 11.3 Å².